The van der Waals surface area contributed by atoms with Crippen LogP contribution in [0.3, 0.4) is 0 Å². The van der Waals surface area contributed by atoms with Crippen LogP contribution in [0.2, 0.25) is 0 Å². The van der Waals surface area contributed by atoms with E-state index in [1.165, 1.54) is 12.8 Å². The van der Waals surface area contributed by atoms with Gasteiger partial charge in [0.1, 0.15) is 6.61 Å². The predicted octanol–water partition coefficient (Wildman–Crippen LogP) is 5.85. The fourth-order valence-corrected chi connectivity index (χ4v) is 5.27. The third-order valence-electron chi connectivity index (χ3n) is 7.28. The summed E-state index contributed by atoms with van der Waals surface area (Å²) in [7, 11) is 2.01. The number of carbonyl (C=O) groups is 3. The molecule has 6 nitrogen and oxygen atoms in total. The van der Waals surface area contributed by atoms with Crippen molar-refractivity contribution in [1.82, 2.24) is 4.90 Å². The Morgan fingerprint density at radius 3 is 2.22 bits per heavy atom. The fourth-order valence-electron chi connectivity index (χ4n) is 5.27. The smallest absolute Gasteiger partial charge is 0.224 e. The van der Waals surface area contributed by atoms with Gasteiger partial charge in [-0.2, -0.15) is 0 Å². The first-order valence-electron chi connectivity index (χ1n) is 13.8. The summed E-state index contributed by atoms with van der Waals surface area (Å²) in [5, 5.41) is 11.7. The molecule has 0 unspecified atom stereocenters. The molecule has 0 bridgehead atoms. The van der Waals surface area contributed by atoms with Crippen molar-refractivity contribution in [2.24, 2.45) is 5.92 Å². The number of hydrogen-bond donors (Lipinski definition) is 2. The average Bonchev–Trinajstić information content (AvgIpc) is 3.41. The van der Waals surface area contributed by atoms with Gasteiger partial charge in [0.15, 0.2) is 11.6 Å². The van der Waals surface area contributed by atoms with E-state index in [1.54, 1.807) is 0 Å². The summed E-state index contributed by atoms with van der Waals surface area (Å²) in [5.74, 6) is 0.673. The van der Waals surface area contributed by atoms with Crippen LogP contribution in [0, 0.1) is 5.92 Å². The van der Waals surface area contributed by atoms with E-state index in [1.807, 2.05) is 61.6 Å². The first-order valence-corrected chi connectivity index (χ1v) is 13.8. The molecule has 2 aromatic carbocycles. The number of amides is 1. The number of nitrogens with zero attached hydrogens (tertiary/aromatic N) is 1. The molecule has 1 amide bonds. The minimum atomic E-state index is -0.385. The van der Waals surface area contributed by atoms with Gasteiger partial charge in [-0.3, -0.25) is 19.3 Å². The molecule has 6 heteroatoms. The van der Waals surface area contributed by atoms with E-state index in [9.17, 15) is 14.4 Å². The summed E-state index contributed by atoms with van der Waals surface area (Å²) in [6, 6.07) is 17.6. The molecule has 0 heterocycles. The van der Waals surface area contributed by atoms with Crippen molar-refractivity contribution in [2.75, 3.05) is 19.0 Å². The zero-order valence-corrected chi connectivity index (χ0v) is 22.2. The number of aliphatic hydroxyl groups is 1. The molecule has 0 spiro atoms. The summed E-state index contributed by atoms with van der Waals surface area (Å²) in [5.41, 5.74) is 2.89. The summed E-state index contributed by atoms with van der Waals surface area (Å²) in [6.07, 6.45) is 9.60. The number of benzene rings is 2. The van der Waals surface area contributed by atoms with Crippen LogP contribution < -0.4 is 5.32 Å². The Kier molecular flexibility index (Phi) is 12.0. The molecular formula is C31H42N2O4. The molecule has 0 radical (unpaired) electrons. The SMILES string of the molecule is CN(Cc1ccc(NC(=O)CCCCCCC(=O)CO)cc1)[C@H](C(=O)CC1CCCC1)c1ccccc1. The van der Waals surface area contributed by atoms with Gasteiger partial charge < -0.3 is 10.4 Å². The zero-order valence-electron chi connectivity index (χ0n) is 22.2. The number of rotatable bonds is 16. The molecule has 3 rings (SSSR count). The van der Waals surface area contributed by atoms with Crippen LogP contribution in [0.1, 0.15) is 87.8 Å². The van der Waals surface area contributed by atoms with Crippen LogP contribution in [0.4, 0.5) is 5.69 Å². The van der Waals surface area contributed by atoms with Gasteiger partial charge >= 0.3 is 0 Å². The maximum absolute atomic E-state index is 13.4. The van der Waals surface area contributed by atoms with Crippen molar-refractivity contribution < 1.29 is 19.5 Å². The van der Waals surface area contributed by atoms with Crippen LogP contribution >= 0.6 is 0 Å². The highest BCUT2D eigenvalue weighted by Crippen LogP contribution is 2.32. The summed E-state index contributed by atoms with van der Waals surface area (Å²) < 4.78 is 0. The van der Waals surface area contributed by atoms with Crippen molar-refractivity contribution in [3.8, 4) is 0 Å². The van der Waals surface area contributed by atoms with E-state index in [-0.39, 0.29) is 24.3 Å². The number of anilines is 1. The molecule has 1 atom stereocenters. The molecule has 0 aromatic heterocycles. The van der Waals surface area contributed by atoms with E-state index in [2.05, 4.69) is 10.2 Å². The molecular weight excluding hydrogens is 464 g/mol. The highest BCUT2D eigenvalue weighted by Gasteiger charge is 2.28. The number of hydrogen-bond acceptors (Lipinski definition) is 5. The molecule has 0 aliphatic heterocycles. The Morgan fingerprint density at radius 2 is 1.57 bits per heavy atom. The van der Waals surface area contributed by atoms with Gasteiger partial charge in [0.2, 0.25) is 5.91 Å². The Morgan fingerprint density at radius 1 is 0.919 bits per heavy atom. The van der Waals surface area contributed by atoms with Crippen LogP contribution in [-0.2, 0) is 20.9 Å². The molecule has 1 saturated carbocycles. The Bertz CT molecular complexity index is 984. The van der Waals surface area contributed by atoms with Crippen molar-refractivity contribution in [3.05, 3.63) is 65.7 Å². The second-order valence-corrected chi connectivity index (χ2v) is 10.4. The maximum Gasteiger partial charge on any atom is 0.224 e. The molecule has 2 aromatic rings. The van der Waals surface area contributed by atoms with Crippen molar-refractivity contribution in [1.29, 1.82) is 0 Å². The second kappa shape index (κ2) is 15.4. The second-order valence-electron chi connectivity index (χ2n) is 10.4. The van der Waals surface area contributed by atoms with Crippen LogP contribution in [0.5, 0.6) is 0 Å². The number of nitrogens with one attached hydrogen (secondary N) is 1. The summed E-state index contributed by atoms with van der Waals surface area (Å²) in [6.45, 7) is 0.257. The highest BCUT2D eigenvalue weighted by molar-refractivity contribution is 5.90. The third kappa shape index (κ3) is 9.86. The minimum absolute atomic E-state index is 0.0158. The topological polar surface area (TPSA) is 86.7 Å². The Labute approximate surface area is 221 Å². The lowest BCUT2D eigenvalue weighted by atomic mass is 9.92. The van der Waals surface area contributed by atoms with Gasteiger partial charge in [-0.1, -0.05) is 81.0 Å². The monoisotopic (exact) mass is 506 g/mol. The van der Waals surface area contributed by atoms with E-state index in [4.69, 9.17) is 5.11 Å². The number of carbonyl (C=O) groups excluding carboxylic acids is 3. The lowest BCUT2D eigenvalue weighted by Crippen LogP contribution is -2.31. The van der Waals surface area contributed by atoms with Crippen molar-refractivity contribution in [3.63, 3.8) is 0 Å². The van der Waals surface area contributed by atoms with Gasteiger partial charge in [-0.15, -0.1) is 0 Å². The number of unbranched alkanes of at least 4 members (excludes halogenated alkanes) is 3. The quantitative estimate of drug-likeness (QED) is 0.279. The Balaban J connectivity index is 1.48. The molecule has 1 fully saturated rings. The number of Topliss-reactive ketones (excluding diaryl/α,β-unsaturated/α-hetero) is 2. The summed E-state index contributed by atoms with van der Waals surface area (Å²) in [4.78, 5) is 38.9. The lowest BCUT2D eigenvalue weighted by molar-refractivity contribution is -0.125. The van der Waals surface area contributed by atoms with E-state index in [0.717, 1.165) is 55.3 Å². The fraction of sp³-hybridized carbons (Fsp3) is 0.516. The van der Waals surface area contributed by atoms with Gasteiger partial charge in [0.05, 0.1) is 6.04 Å². The molecule has 2 N–H and O–H groups in total. The zero-order chi connectivity index (χ0) is 26.5. The molecule has 1 aliphatic carbocycles. The van der Waals surface area contributed by atoms with Crippen molar-refractivity contribution in [2.45, 2.75) is 83.2 Å². The summed E-state index contributed by atoms with van der Waals surface area (Å²) >= 11 is 0. The molecule has 37 heavy (non-hydrogen) atoms. The molecule has 200 valence electrons. The number of ketones is 2. The highest BCUT2D eigenvalue weighted by atomic mass is 16.3. The third-order valence-corrected chi connectivity index (χ3v) is 7.28. The lowest BCUT2D eigenvalue weighted by Gasteiger charge is -2.28. The predicted molar refractivity (Wildman–Crippen MR) is 147 cm³/mol. The average molecular weight is 507 g/mol. The molecule has 1 aliphatic rings. The van der Waals surface area contributed by atoms with Gasteiger partial charge in [0.25, 0.3) is 0 Å². The Hall–Kier alpha value is -2.83. The normalized spacial score (nSPS) is 14.6. The largest absolute Gasteiger partial charge is 0.389 e. The number of aliphatic hydroxyl groups excluding tert-OH is 1. The van der Waals surface area contributed by atoms with Crippen LogP contribution in [0.25, 0.3) is 0 Å². The van der Waals surface area contributed by atoms with E-state index >= 15 is 0 Å². The van der Waals surface area contributed by atoms with Crippen molar-refractivity contribution >= 4 is 23.2 Å². The number of likely N-dealkylation sites (N-methyl/N-ethyl adjacent to an activating group) is 1. The standard InChI is InChI=1S/C31H42N2O4/c1-33(31(26-13-5-4-6-14-26)29(36)21-24-11-9-10-12-24)22-25-17-19-27(20-18-25)32-30(37)16-8-3-2-7-15-28(35)23-34/h4-6,13-14,17-20,24,31,34H,2-3,7-12,15-16,21-23H2,1H3,(H,32,37)/t31-/m0/s1. The van der Waals surface area contributed by atoms with Gasteiger partial charge in [0, 0.05) is 31.5 Å². The van der Waals surface area contributed by atoms with Gasteiger partial charge in [-0.25, -0.2) is 0 Å². The van der Waals surface area contributed by atoms with Crippen LogP contribution in [0.15, 0.2) is 54.6 Å². The molecule has 0 saturated heterocycles. The maximum atomic E-state index is 13.4. The van der Waals surface area contributed by atoms with E-state index < -0.39 is 0 Å². The van der Waals surface area contributed by atoms with E-state index in [0.29, 0.717) is 37.5 Å². The van der Waals surface area contributed by atoms with Gasteiger partial charge in [-0.05, 0) is 49.1 Å². The first-order chi connectivity index (χ1) is 18.0. The minimum Gasteiger partial charge on any atom is -0.389 e. The van der Waals surface area contributed by atoms with Crippen LogP contribution in [-0.4, -0.2) is 41.1 Å². The first kappa shape index (κ1) is 28.7.